The van der Waals surface area contributed by atoms with Gasteiger partial charge in [0.25, 0.3) is 0 Å². The molecule has 1 aliphatic heterocycles. The molecule has 1 aliphatic rings. The molecule has 0 radical (unpaired) electrons. The van der Waals surface area contributed by atoms with Crippen molar-refractivity contribution in [3.05, 3.63) is 89.2 Å². The van der Waals surface area contributed by atoms with Crippen LogP contribution in [0.25, 0.3) is 22.0 Å². The van der Waals surface area contributed by atoms with Gasteiger partial charge in [0, 0.05) is 35.8 Å². The zero-order valence-corrected chi connectivity index (χ0v) is 20.3. The Hall–Kier alpha value is -3.97. The summed E-state index contributed by atoms with van der Waals surface area (Å²) in [5.74, 6) is -0.410. The molecule has 2 heterocycles. The molecule has 1 unspecified atom stereocenters. The van der Waals surface area contributed by atoms with E-state index >= 15 is 0 Å². The quantitative estimate of drug-likeness (QED) is 0.346. The van der Waals surface area contributed by atoms with Gasteiger partial charge in [-0.3, -0.25) is 0 Å². The monoisotopic (exact) mass is 485 g/mol. The lowest BCUT2D eigenvalue weighted by molar-refractivity contribution is 0.0698. The maximum Gasteiger partial charge on any atom is 0.337 e. The second-order valence-electron chi connectivity index (χ2n) is 9.10. The highest BCUT2D eigenvalue weighted by molar-refractivity contribution is 5.95. The Morgan fingerprint density at radius 2 is 1.81 bits per heavy atom. The molecule has 0 saturated carbocycles. The van der Waals surface area contributed by atoms with Crippen LogP contribution in [0.2, 0.25) is 0 Å². The maximum absolute atomic E-state index is 13.7. The summed E-state index contributed by atoms with van der Waals surface area (Å²) in [6.45, 7) is 6.77. The number of aromatic carboxylic acids is 1. The molecule has 5 rings (SSSR count). The highest BCUT2D eigenvalue weighted by Gasteiger charge is 2.21. The van der Waals surface area contributed by atoms with Crippen molar-refractivity contribution in [3.8, 4) is 11.1 Å². The first kappa shape index (κ1) is 23.8. The van der Waals surface area contributed by atoms with Gasteiger partial charge in [0.15, 0.2) is 0 Å². The zero-order chi connectivity index (χ0) is 25.2. The van der Waals surface area contributed by atoms with E-state index in [0.29, 0.717) is 18.9 Å². The number of carboxylic acids is 1. The first-order chi connectivity index (χ1) is 17.4. The van der Waals surface area contributed by atoms with Gasteiger partial charge in [-0.15, -0.1) is 0 Å². The highest BCUT2D eigenvalue weighted by atomic mass is 19.1. The lowest BCUT2D eigenvalue weighted by Crippen LogP contribution is -2.37. The summed E-state index contributed by atoms with van der Waals surface area (Å²) in [7, 11) is 0. The number of anilines is 2. The van der Waals surface area contributed by atoms with E-state index in [2.05, 4.69) is 28.4 Å². The van der Waals surface area contributed by atoms with Crippen molar-refractivity contribution in [2.45, 2.75) is 19.9 Å². The van der Waals surface area contributed by atoms with Gasteiger partial charge < -0.3 is 20.1 Å². The van der Waals surface area contributed by atoms with Crippen LogP contribution in [0.4, 0.5) is 15.9 Å². The minimum absolute atomic E-state index is 0.190. The number of hydrogen-bond donors (Lipinski definition) is 2. The number of benzene rings is 3. The number of nitrogens with one attached hydrogen (secondary N) is 1. The Labute approximate surface area is 209 Å². The van der Waals surface area contributed by atoms with Gasteiger partial charge in [-0.1, -0.05) is 30.3 Å². The average molecular weight is 486 g/mol. The molecule has 0 bridgehead atoms. The van der Waals surface area contributed by atoms with Gasteiger partial charge in [-0.05, 0) is 66.9 Å². The van der Waals surface area contributed by atoms with E-state index in [1.165, 1.54) is 12.1 Å². The van der Waals surface area contributed by atoms with Crippen molar-refractivity contribution in [3.63, 3.8) is 0 Å². The number of carbonyl (C=O) groups is 1. The van der Waals surface area contributed by atoms with E-state index in [1.807, 2.05) is 19.9 Å². The predicted octanol–water partition coefficient (Wildman–Crippen LogP) is 6.06. The summed E-state index contributed by atoms with van der Waals surface area (Å²) in [6.07, 6.45) is 0. The van der Waals surface area contributed by atoms with Crippen molar-refractivity contribution < 1.29 is 19.0 Å². The molecule has 1 atom stereocenters. The number of halogens is 1. The molecular weight excluding hydrogens is 457 g/mol. The van der Waals surface area contributed by atoms with E-state index < -0.39 is 5.97 Å². The molecule has 2 N–H and O–H groups in total. The zero-order valence-electron chi connectivity index (χ0n) is 20.3. The summed E-state index contributed by atoms with van der Waals surface area (Å²) < 4.78 is 19.3. The van der Waals surface area contributed by atoms with Gasteiger partial charge >= 0.3 is 5.97 Å². The third-order valence-electron chi connectivity index (χ3n) is 6.55. The van der Waals surface area contributed by atoms with Crippen LogP contribution < -0.4 is 10.2 Å². The van der Waals surface area contributed by atoms with Gasteiger partial charge in [-0.25, -0.2) is 14.2 Å². The second kappa shape index (κ2) is 9.95. The number of para-hydroxylation sites is 1. The fourth-order valence-electron chi connectivity index (χ4n) is 4.76. The largest absolute Gasteiger partial charge is 0.478 e. The van der Waals surface area contributed by atoms with Crippen LogP contribution in [0.5, 0.6) is 0 Å². The molecule has 7 heteroatoms. The average Bonchev–Trinajstić information content (AvgIpc) is 2.88. The fourth-order valence-corrected chi connectivity index (χ4v) is 4.76. The molecule has 3 aromatic carbocycles. The van der Waals surface area contributed by atoms with E-state index in [1.54, 1.807) is 30.3 Å². The molecule has 0 spiro atoms. The summed E-state index contributed by atoms with van der Waals surface area (Å²) >= 11 is 0. The van der Waals surface area contributed by atoms with Crippen molar-refractivity contribution >= 4 is 28.4 Å². The van der Waals surface area contributed by atoms with Crippen LogP contribution >= 0.6 is 0 Å². The van der Waals surface area contributed by atoms with Crippen LogP contribution in [0.15, 0.2) is 66.7 Å². The number of carboxylic acid groups (broad SMARTS) is 1. The van der Waals surface area contributed by atoms with Gasteiger partial charge in [0.2, 0.25) is 0 Å². The van der Waals surface area contributed by atoms with Crippen LogP contribution in [-0.2, 0) is 4.74 Å². The Balaban J connectivity index is 1.65. The number of pyridine rings is 1. The Kier molecular flexibility index (Phi) is 6.57. The van der Waals surface area contributed by atoms with E-state index in [0.717, 1.165) is 52.1 Å². The summed E-state index contributed by atoms with van der Waals surface area (Å²) in [4.78, 5) is 19.1. The number of nitrogens with zero attached hydrogens (tertiary/aromatic N) is 2. The number of fused-ring (bicyclic) bond motifs is 1. The molecule has 36 heavy (non-hydrogen) atoms. The Morgan fingerprint density at radius 3 is 2.53 bits per heavy atom. The van der Waals surface area contributed by atoms with Gasteiger partial charge in [-0.2, -0.15) is 0 Å². The Bertz CT molecular complexity index is 1420. The van der Waals surface area contributed by atoms with E-state index in [-0.39, 0.29) is 17.4 Å². The van der Waals surface area contributed by atoms with E-state index in [4.69, 9.17) is 9.72 Å². The van der Waals surface area contributed by atoms with Gasteiger partial charge in [0.05, 0.1) is 24.3 Å². The number of hydrogen-bond acceptors (Lipinski definition) is 5. The third-order valence-corrected chi connectivity index (χ3v) is 6.55. The summed E-state index contributed by atoms with van der Waals surface area (Å²) in [5, 5.41) is 14.0. The minimum Gasteiger partial charge on any atom is -0.478 e. The normalized spacial score (nSPS) is 14.6. The summed E-state index contributed by atoms with van der Waals surface area (Å²) in [6, 6.07) is 19.5. The molecule has 6 nitrogen and oxygen atoms in total. The summed E-state index contributed by atoms with van der Waals surface area (Å²) in [5.41, 5.74) is 5.52. The number of morpholine rings is 1. The minimum atomic E-state index is -0.977. The number of rotatable bonds is 6. The van der Waals surface area contributed by atoms with Crippen LogP contribution in [-0.4, -0.2) is 42.4 Å². The predicted molar refractivity (Wildman–Crippen MR) is 140 cm³/mol. The number of aromatic nitrogens is 1. The standard InChI is InChI=1S/C29H28FN3O3/c1-18-15-23(19(2)31-26-6-4-3-5-22(26)29(34)35)25-17-24(20-7-9-21(30)10-8-20)28(32-27(25)16-18)33-11-13-36-14-12-33/h3-10,15-17,19,31H,11-14H2,1-2H3,(H,34,35). The Morgan fingerprint density at radius 1 is 1.08 bits per heavy atom. The first-order valence-electron chi connectivity index (χ1n) is 12.0. The van der Waals surface area contributed by atoms with Crippen molar-refractivity contribution in [2.75, 3.05) is 36.5 Å². The lowest BCUT2D eigenvalue weighted by Gasteiger charge is -2.30. The third kappa shape index (κ3) is 4.75. The lowest BCUT2D eigenvalue weighted by atomic mass is 9.95. The van der Waals surface area contributed by atoms with Crippen LogP contribution in [0.3, 0.4) is 0 Å². The van der Waals surface area contributed by atoms with Gasteiger partial charge in [0.1, 0.15) is 11.6 Å². The molecule has 1 aromatic heterocycles. The number of ether oxygens (including phenoxy) is 1. The molecule has 184 valence electrons. The van der Waals surface area contributed by atoms with Crippen molar-refractivity contribution in [1.82, 2.24) is 4.98 Å². The molecule has 4 aromatic rings. The SMILES string of the molecule is Cc1cc(C(C)Nc2ccccc2C(=O)O)c2cc(-c3ccc(F)cc3)c(N3CCOCC3)nc2c1. The molecule has 1 saturated heterocycles. The topological polar surface area (TPSA) is 74.7 Å². The van der Waals surface area contributed by atoms with Crippen molar-refractivity contribution in [2.24, 2.45) is 0 Å². The molecule has 1 fully saturated rings. The molecular formula is C29H28FN3O3. The highest BCUT2D eigenvalue weighted by Crippen LogP contribution is 2.37. The molecule has 0 aliphatic carbocycles. The van der Waals surface area contributed by atoms with E-state index in [9.17, 15) is 14.3 Å². The van der Waals surface area contributed by atoms with Crippen LogP contribution in [0.1, 0.15) is 34.5 Å². The van der Waals surface area contributed by atoms with Crippen LogP contribution in [0, 0.1) is 12.7 Å². The van der Waals surface area contributed by atoms with Crippen molar-refractivity contribution in [1.29, 1.82) is 0 Å². The molecule has 0 amide bonds. The maximum atomic E-state index is 13.7. The number of aryl methyl sites for hydroxylation is 1. The smallest absolute Gasteiger partial charge is 0.337 e. The fraction of sp³-hybridized carbons (Fsp3) is 0.241. The second-order valence-corrected chi connectivity index (χ2v) is 9.10. The first-order valence-corrected chi connectivity index (χ1v) is 12.0.